The Balaban J connectivity index is 0.000000640. The van der Waals surface area contributed by atoms with Gasteiger partial charge < -0.3 is 5.32 Å². The first-order valence-corrected chi connectivity index (χ1v) is 3.03. The Morgan fingerprint density at radius 1 is 1.56 bits per heavy atom. The minimum absolute atomic E-state index is 0. The molecule has 1 aliphatic heterocycles. The van der Waals surface area contributed by atoms with Gasteiger partial charge in [0.2, 0.25) is 0 Å². The van der Waals surface area contributed by atoms with Crippen molar-refractivity contribution in [3.05, 3.63) is 0 Å². The minimum Gasteiger partial charge on any atom is -0.311 e. The zero-order chi connectivity index (χ0) is 6.20. The van der Waals surface area contributed by atoms with Gasteiger partial charge in [0.05, 0.1) is 0 Å². The summed E-state index contributed by atoms with van der Waals surface area (Å²) in [5.41, 5.74) is -1.02. The monoisotopic (exact) mass is 153 g/mol. The van der Waals surface area contributed by atoms with Crippen LogP contribution in [-0.4, -0.2) is 18.3 Å². The second-order valence-electron chi connectivity index (χ2n) is 2.86. The summed E-state index contributed by atoms with van der Waals surface area (Å²) in [4.78, 5) is 0. The first kappa shape index (κ1) is 9.18. The minimum atomic E-state index is -1.02. The average molecular weight is 154 g/mol. The van der Waals surface area contributed by atoms with E-state index in [1.165, 1.54) is 0 Å². The van der Waals surface area contributed by atoms with Crippen molar-refractivity contribution in [1.29, 1.82) is 0 Å². The van der Waals surface area contributed by atoms with Gasteiger partial charge in [-0.25, -0.2) is 4.39 Å². The van der Waals surface area contributed by atoms with Crippen molar-refractivity contribution in [2.75, 3.05) is 6.54 Å². The van der Waals surface area contributed by atoms with Crippen molar-refractivity contribution >= 4 is 12.4 Å². The second kappa shape index (κ2) is 2.84. The maximum atomic E-state index is 12.8. The zero-order valence-corrected chi connectivity index (χ0v) is 6.59. The number of rotatable bonds is 1. The molecule has 1 atom stereocenters. The number of nitrogens with one attached hydrogen (secondary N) is 1. The average Bonchev–Trinajstić information content (AvgIpc) is 1.16. The van der Waals surface area contributed by atoms with Gasteiger partial charge >= 0.3 is 0 Å². The summed E-state index contributed by atoms with van der Waals surface area (Å²) in [6.07, 6.45) is 0.990. The summed E-state index contributed by atoms with van der Waals surface area (Å²) in [7, 11) is 0. The van der Waals surface area contributed by atoms with Crippen molar-refractivity contribution in [2.45, 2.75) is 32.0 Å². The number of halogens is 2. The SMILES string of the molecule is CC(C)(F)C1CCN1.Cl. The first-order valence-electron chi connectivity index (χ1n) is 3.03. The Hall–Kier alpha value is 0.180. The fourth-order valence-electron chi connectivity index (χ4n) is 0.875. The Bertz CT molecular complexity index is 85.5. The van der Waals surface area contributed by atoms with Gasteiger partial charge in [-0.3, -0.25) is 0 Å². The molecule has 1 nitrogen and oxygen atoms in total. The molecule has 0 aromatic heterocycles. The smallest absolute Gasteiger partial charge is 0.120 e. The molecular weight excluding hydrogens is 141 g/mol. The van der Waals surface area contributed by atoms with Gasteiger partial charge in [-0.15, -0.1) is 12.4 Å². The van der Waals surface area contributed by atoms with Crippen molar-refractivity contribution < 1.29 is 4.39 Å². The molecule has 1 aliphatic rings. The highest BCUT2D eigenvalue weighted by Gasteiger charge is 2.32. The van der Waals surface area contributed by atoms with E-state index in [-0.39, 0.29) is 18.4 Å². The van der Waals surface area contributed by atoms with E-state index >= 15 is 0 Å². The molecule has 0 amide bonds. The third kappa shape index (κ3) is 2.11. The van der Waals surface area contributed by atoms with Gasteiger partial charge in [-0.1, -0.05) is 0 Å². The topological polar surface area (TPSA) is 12.0 Å². The lowest BCUT2D eigenvalue weighted by Crippen LogP contribution is -2.53. The fourth-order valence-corrected chi connectivity index (χ4v) is 0.875. The Morgan fingerprint density at radius 2 is 2.00 bits per heavy atom. The van der Waals surface area contributed by atoms with Gasteiger partial charge in [0.15, 0.2) is 0 Å². The molecule has 1 heterocycles. The molecule has 1 unspecified atom stereocenters. The van der Waals surface area contributed by atoms with Crippen LogP contribution in [0.15, 0.2) is 0 Å². The largest absolute Gasteiger partial charge is 0.311 e. The summed E-state index contributed by atoms with van der Waals surface area (Å²) >= 11 is 0. The van der Waals surface area contributed by atoms with Gasteiger partial charge in [-0.2, -0.15) is 0 Å². The predicted octanol–water partition coefficient (Wildman–Crippen LogP) is 1.52. The van der Waals surface area contributed by atoms with E-state index in [2.05, 4.69) is 5.32 Å². The number of hydrogen-bond acceptors (Lipinski definition) is 1. The lowest BCUT2D eigenvalue weighted by molar-refractivity contribution is 0.107. The lowest BCUT2D eigenvalue weighted by atomic mass is 9.92. The highest BCUT2D eigenvalue weighted by Crippen LogP contribution is 2.21. The Morgan fingerprint density at radius 3 is 2.00 bits per heavy atom. The van der Waals surface area contributed by atoms with Crippen LogP contribution < -0.4 is 5.32 Å². The molecule has 0 aromatic carbocycles. The maximum Gasteiger partial charge on any atom is 0.120 e. The normalized spacial score (nSPS) is 26.3. The highest BCUT2D eigenvalue weighted by atomic mass is 35.5. The molecule has 0 aromatic rings. The second-order valence-corrected chi connectivity index (χ2v) is 2.86. The number of alkyl halides is 1. The Labute approximate surface area is 61.4 Å². The molecule has 56 valence electrons. The standard InChI is InChI=1S/C6H12FN.ClH/c1-6(2,7)5-3-4-8-5;/h5,8H,3-4H2,1-2H3;1H. The van der Waals surface area contributed by atoms with Crippen LogP contribution in [0.1, 0.15) is 20.3 Å². The predicted molar refractivity (Wildman–Crippen MR) is 38.8 cm³/mol. The summed E-state index contributed by atoms with van der Waals surface area (Å²) in [5.74, 6) is 0. The van der Waals surface area contributed by atoms with Crippen molar-refractivity contribution in [1.82, 2.24) is 5.32 Å². The van der Waals surface area contributed by atoms with E-state index in [0.29, 0.717) is 0 Å². The van der Waals surface area contributed by atoms with Crippen molar-refractivity contribution in [3.8, 4) is 0 Å². The summed E-state index contributed by atoms with van der Waals surface area (Å²) in [5, 5.41) is 3.01. The van der Waals surface area contributed by atoms with Gasteiger partial charge in [-0.05, 0) is 26.8 Å². The van der Waals surface area contributed by atoms with Crippen LogP contribution in [0, 0.1) is 0 Å². The van der Waals surface area contributed by atoms with Gasteiger partial charge in [0.25, 0.3) is 0 Å². The summed E-state index contributed by atoms with van der Waals surface area (Å²) in [6.45, 7) is 4.21. The van der Waals surface area contributed by atoms with E-state index in [4.69, 9.17) is 0 Å². The van der Waals surface area contributed by atoms with Crippen molar-refractivity contribution in [2.24, 2.45) is 0 Å². The molecule has 1 saturated heterocycles. The molecular formula is C6H13ClFN. The summed E-state index contributed by atoms with van der Waals surface area (Å²) in [6, 6.07) is 0.113. The Kier molecular flexibility index (Phi) is 2.90. The number of hydrogen-bond donors (Lipinski definition) is 1. The van der Waals surface area contributed by atoms with Gasteiger partial charge in [0, 0.05) is 6.04 Å². The van der Waals surface area contributed by atoms with E-state index in [9.17, 15) is 4.39 Å². The first-order chi connectivity index (χ1) is 3.61. The molecule has 9 heavy (non-hydrogen) atoms. The summed E-state index contributed by atoms with van der Waals surface area (Å²) < 4.78 is 12.8. The zero-order valence-electron chi connectivity index (χ0n) is 5.78. The highest BCUT2D eigenvalue weighted by molar-refractivity contribution is 5.85. The molecule has 1 N–H and O–H groups in total. The third-order valence-corrected chi connectivity index (χ3v) is 1.65. The van der Waals surface area contributed by atoms with E-state index in [1.54, 1.807) is 13.8 Å². The molecule has 0 spiro atoms. The van der Waals surface area contributed by atoms with Crippen LogP contribution in [0.25, 0.3) is 0 Å². The molecule has 0 aliphatic carbocycles. The van der Waals surface area contributed by atoms with Gasteiger partial charge in [0.1, 0.15) is 5.67 Å². The quantitative estimate of drug-likeness (QED) is 0.603. The van der Waals surface area contributed by atoms with Crippen LogP contribution in [0.2, 0.25) is 0 Å². The van der Waals surface area contributed by atoms with E-state index in [1.807, 2.05) is 0 Å². The third-order valence-electron chi connectivity index (χ3n) is 1.65. The molecule has 0 saturated carbocycles. The molecule has 0 radical (unpaired) electrons. The van der Waals surface area contributed by atoms with E-state index in [0.717, 1.165) is 13.0 Å². The molecule has 0 bridgehead atoms. The molecule has 1 fully saturated rings. The van der Waals surface area contributed by atoms with Crippen LogP contribution in [0.4, 0.5) is 4.39 Å². The van der Waals surface area contributed by atoms with E-state index < -0.39 is 5.67 Å². The van der Waals surface area contributed by atoms with Crippen LogP contribution in [0.5, 0.6) is 0 Å². The lowest BCUT2D eigenvalue weighted by Gasteiger charge is -2.35. The molecule has 1 rings (SSSR count). The van der Waals surface area contributed by atoms with Crippen LogP contribution >= 0.6 is 12.4 Å². The maximum absolute atomic E-state index is 12.8. The van der Waals surface area contributed by atoms with Crippen molar-refractivity contribution in [3.63, 3.8) is 0 Å². The van der Waals surface area contributed by atoms with Crippen LogP contribution in [0.3, 0.4) is 0 Å². The van der Waals surface area contributed by atoms with Crippen LogP contribution in [-0.2, 0) is 0 Å². The molecule has 3 heteroatoms. The fraction of sp³-hybridized carbons (Fsp3) is 1.00.